The van der Waals surface area contributed by atoms with Gasteiger partial charge in [0.05, 0.1) is 11.0 Å². The fraction of sp³-hybridized carbons (Fsp3) is 0.625. The Balaban J connectivity index is 1.77. The number of hydrogen-bond donors (Lipinski definition) is 1. The summed E-state index contributed by atoms with van der Waals surface area (Å²) in [6.07, 6.45) is 7.86. The zero-order valence-electron chi connectivity index (χ0n) is 12.9. The van der Waals surface area contributed by atoms with Crippen LogP contribution < -0.4 is 5.73 Å². The van der Waals surface area contributed by atoms with Crippen LogP contribution in [0.4, 0.5) is 0 Å². The Morgan fingerprint density at radius 1 is 1.36 bits per heavy atom. The first kappa shape index (κ1) is 14.9. The van der Waals surface area contributed by atoms with Crippen LogP contribution in [0.25, 0.3) is 0 Å². The molecule has 0 spiro atoms. The molecule has 1 saturated carbocycles. The molecule has 3 rings (SSSR count). The van der Waals surface area contributed by atoms with E-state index in [0.717, 1.165) is 19.3 Å². The number of carbonyl (C=O) groups excluding carboxylic acids is 2. The maximum Gasteiger partial charge on any atom is 0.257 e. The first-order chi connectivity index (χ1) is 10.5. The van der Waals surface area contributed by atoms with Gasteiger partial charge in [0, 0.05) is 25.5 Å². The van der Waals surface area contributed by atoms with Crippen molar-refractivity contribution in [2.24, 2.45) is 17.1 Å². The van der Waals surface area contributed by atoms with Crippen LogP contribution in [-0.4, -0.2) is 39.8 Å². The molecular weight excluding hydrogens is 280 g/mol. The van der Waals surface area contributed by atoms with Gasteiger partial charge >= 0.3 is 0 Å². The number of rotatable bonds is 4. The predicted molar refractivity (Wildman–Crippen MR) is 80.9 cm³/mol. The maximum atomic E-state index is 12.6. The molecule has 1 aromatic rings. The lowest BCUT2D eigenvalue weighted by Gasteiger charge is -2.41. The highest BCUT2D eigenvalue weighted by Crippen LogP contribution is 2.44. The van der Waals surface area contributed by atoms with E-state index in [4.69, 9.17) is 5.73 Å². The molecular formula is C16H22N4O2. The van der Waals surface area contributed by atoms with Crippen molar-refractivity contribution >= 4 is 11.8 Å². The fourth-order valence-electron chi connectivity index (χ4n) is 3.33. The van der Waals surface area contributed by atoms with Crippen molar-refractivity contribution in [2.75, 3.05) is 13.1 Å². The van der Waals surface area contributed by atoms with Gasteiger partial charge in [-0.15, -0.1) is 0 Å². The molecule has 6 heteroatoms. The van der Waals surface area contributed by atoms with Gasteiger partial charge in [-0.2, -0.15) is 0 Å². The van der Waals surface area contributed by atoms with Crippen molar-refractivity contribution in [2.45, 2.75) is 39.0 Å². The summed E-state index contributed by atoms with van der Waals surface area (Å²) in [5, 5.41) is 0. The van der Waals surface area contributed by atoms with Crippen LogP contribution in [0, 0.1) is 18.3 Å². The molecule has 1 atom stereocenters. The fourth-order valence-corrected chi connectivity index (χ4v) is 3.33. The van der Waals surface area contributed by atoms with Crippen LogP contribution in [0.3, 0.4) is 0 Å². The van der Waals surface area contributed by atoms with Gasteiger partial charge in [0.15, 0.2) is 0 Å². The number of aromatic nitrogens is 2. The molecule has 22 heavy (non-hydrogen) atoms. The Kier molecular flexibility index (Phi) is 3.85. The van der Waals surface area contributed by atoms with E-state index in [2.05, 4.69) is 9.97 Å². The second kappa shape index (κ2) is 5.66. The number of likely N-dealkylation sites (tertiary alicyclic amines) is 1. The smallest absolute Gasteiger partial charge is 0.257 e. The van der Waals surface area contributed by atoms with Crippen molar-refractivity contribution < 1.29 is 9.59 Å². The Morgan fingerprint density at radius 2 is 2.05 bits per heavy atom. The largest absolute Gasteiger partial charge is 0.369 e. The molecule has 2 aliphatic rings. The van der Waals surface area contributed by atoms with E-state index < -0.39 is 5.41 Å². The first-order valence-electron chi connectivity index (χ1n) is 7.88. The second-order valence-corrected chi connectivity index (χ2v) is 6.64. The molecule has 6 nitrogen and oxygen atoms in total. The van der Waals surface area contributed by atoms with Gasteiger partial charge in [-0.25, -0.2) is 9.97 Å². The summed E-state index contributed by atoms with van der Waals surface area (Å²) in [6.45, 7) is 2.86. The first-order valence-corrected chi connectivity index (χ1v) is 7.88. The van der Waals surface area contributed by atoms with E-state index in [1.165, 1.54) is 12.8 Å². The minimum atomic E-state index is -0.555. The molecule has 2 heterocycles. The predicted octanol–water partition coefficient (Wildman–Crippen LogP) is 1.29. The maximum absolute atomic E-state index is 12.6. The minimum Gasteiger partial charge on any atom is -0.369 e. The van der Waals surface area contributed by atoms with Gasteiger partial charge in [-0.1, -0.05) is 12.8 Å². The van der Waals surface area contributed by atoms with E-state index in [1.54, 1.807) is 24.2 Å². The average Bonchev–Trinajstić information content (AvgIpc) is 3.31. The van der Waals surface area contributed by atoms with Gasteiger partial charge in [0.25, 0.3) is 5.91 Å². The summed E-state index contributed by atoms with van der Waals surface area (Å²) >= 11 is 0. The monoisotopic (exact) mass is 302 g/mol. The Morgan fingerprint density at radius 3 is 2.64 bits per heavy atom. The van der Waals surface area contributed by atoms with Gasteiger partial charge in [0.1, 0.15) is 5.82 Å². The quantitative estimate of drug-likeness (QED) is 0.907. The van der Waals surface area contributed by atoms with Gasteiger partial charge in [-0.05, 0) is 32.1 Å². The van der Waals surface area contributed by atoms with Crippen molar-refractivity contribution in [1.82, 2.24) is 14.9 Å². The van der Waals surface area contributed by atoms with E-state index in [0.29, 0.717) is 30.4 Å². The molecule has 0 radical (unpaired) electrons. The average molecular weight is 302 g/mol. The summed E-state index contributed by atoms with van der Waals surface area (Å²) in [6, 6.07) is 0. The Bertz CT molecular complexity index is 582. The third-order valence-electron chi connectivity index (χ3n) is 4.79. The number of aryl methyl sites for hydroxylation is 1. The van der Waals surface area contributed by atoms with Gasteiger partial charge < -0.3 is 10.6 Å². The highest BCUT2D eigenvalue weighted by molar-refractivity contribution is 5.94. The van der Waals surface area contributed by atoms with Crippen LogP contribution >= 0.6 is 0 Å². The van der Waals surface area contributed by atoms with Crippen molar-refractivity contribution in [3.8, 4) is 0 Å². The van der Waals surface area contributed by atoms with Crippen LogP contribution in [0.1, 0.15) is 48.3 Å². The molecule has 1 saturated heterocycles. The topological polar surface area (TPSA) is 89.2 Å². The lowest BCUT2D eigenvalue weighted by atomic mass is 9.75. The third-order valence-corrected chi connectivity index (χ3v) is 4.79. The lowest BCUT2D eigenvalue weighted by molar-refractivity contribution is -0.131. The zero-order chi connectivity index (χ0) is 15.7. The molecule has 118 valence electrons. The SMILES string of the molecule is Cc1ncc(C(=O)N2CCCC(CC3CC3)(C(N)=O)C2)cn1. The number of carbonyl (C=O) groups is 2. The highest BCUT2D eigenvalue weighted by Gasteiger charge is 2.45. The van der Waals surface area contributed by atoms with E-state index in [-0.39, 0.29) is 11.8 Å². The standard InChI is InChI=1S/C16H22N4O2/c1-11-18-8-13(9-19-11)14(21)20-6-2-5-16(10-20,15(17)22)7-12-3-4-12/h8-9,12H,2-7,10H2,1H3,(H2,17,22). The molecule has 1 aliphatic carbocycles. The van der Waals surface area contributed by atoms with Gasteiger partial charge in [0.2, 0.25) is 5.91 Å². The number of amides is 2. The van der Waals surface area contributed by atoms with E-state index >= 15 is 0 Å². The van der Waals surface area contributed by atoms with E-state index in [1.807, 2.05) is 0 Å². The van der Waals surface area contributed by atoms with Crippen LogP contribution in [-0.2, 0) is 4.79 Å². The number of piperidine rings is 1. The van der Waals surface area contributed by atoms with Crippen molar-refractivity contribution in [1.29, 1.82) is 0 Å². The molecule has 1 aliphatic heterocycles. The normalized spacial score (nSPS) is 25.0. The summed E-state index contributed by atoms with van der Waals surface area (Å²) in [7, 11) is 0. The van der Waals surface area contributed by atoms with Crippen LogP contribution in [0.5, 0.6) is 0 Å². The zero-order valence-corrected chi connectivity index (χ0v) is 12.9. The number of hydrogen-bond acceptors (Lipinski definition) is 4. The number of nitrogens with zero attached hydrogens (tertiary/aromatic N) is 3. The molecule has 1 aromatic heterocycles. The summed E-state index contributed by atoms with van der Waals surface area (Å²) < 4.78 is 0. The number of primary amides is 1. The molecule has 2 amide bonds. The van der Waals surface area contributed by atoms with E-state index in [9.17, 15) is 9.59 Å². The highest BCUT2D eigenvalue weighted by atomic mass is 16.2. The third kappa shape index (κ3) is 2.96. The lowest BCUT2D eigenvalue weighted by Crippen LogP contribution is -2.52. The molecule has 0 aromatic carbocycles. The molecule has 0 bridgehead atoms. The number of nitrogens with two attached hydrogens (primary N) is 1. The Labute approximate surface area is 130 Å². The van der Waals surface area contributed by atoms with Crippen molar-refractivity contribution in [3.05, 3.63) is 23.8 Å². The van der Waals surface area contributed by atoms with Crippen LogP contribution in [0.15, 0.2) is 12.4 Å². The summed E-state index contributed by atoms with van der Waals surface area (Å²) in [5.74, 6) is 0.860. The van der Waals surface area contributed by atoms with Crippen LogP contribution in [0.2, 0.25) is 0 Å². The molecule has 2 fully saturated rings. The molecule has 1 unspecified atom stereocenters. The molecule has 2 N–H and O–H groups in total. The van der Waals surface area contributed by atoms with Gasteiger partial charge in [-0.3, -0.25) is 9.59 Å². The Hall–Kier alpha value is -1.98. The minimum absolute atomic E-state index is 0.110. The summed E-state index contributed by atoms with van der Waals surface area (Å²) in [4.78, 5) is 34.6. The van der Waals surface area contributed by atoms with Crippen molar-refractivity contribution in [3.63, 3.8) is 0 Å². The second-order valence-electron chi connectivity index (χ2n) is 6.64. The summed E-state index contributed by atoms with van der Waals surface area (Å²) in [5.41, 5.74) is 5.61.